The van der Waals surface area contributed by atoms with Gasteiger partial charge in [0, 0.05) is 27.1 Å². The van der Waals surface area contributed by atoms with Crippen LogP contribution in [0.3, 0.4) is 0 Å². The Morgan fingerprint density at radius 1 is 1.36 bits per heavy atom. The average molecular weight is 275 g/mol. The third-order valence-corrected chi connectivity index (χ3v) is 3.26. The maximum atomic E-state index is 13.4. The molecule has 0 radical (unpaired) electrons. The Morgan fingerprint density at radius 3 is 2.79 bits per heavy atom. The number of rotatable bonds is 0. The molecule has 0 atom stereocenters. The van der Waals surface area contributed by atoms with Gasteiger partial charge in [-0.3, -0.25) is 4.98 Å². The van der Waals surface area contributed by atoms with E-state index < -0.39 is 0 Å². The van der Waals surface area contributed by atoms with E-state index in [4.69, 9.17) is 11.6 Å². The zero-order valence-corrected chi connectivity index (χ0v) is 9.66. The quantitative estimate of drug-likeness (QED) is 0.659. The van der Waals surface area contributed by atoms with Crippen LogP contribution in [0.5, 0.6) is 0 Å². The molecule has 0 unspecified atom stereocenters. The van der Waals surface area contributed by atoms with Crippen molar-refractivity contribution < 1.29 is 4.39 Å². The SMILES string of the molecule is Cc1cc2c(Cl)c(Br)cc(F)c2cn1. The molecule has 2 rings (SSSR count). The van der Waals surface area contributed by atoms with Crippen LogP contribution < -0.4 is 0 Å². The number of aryl methyl sites for hydroxylation is 1. The highest BCUT2D eigenvalue weighted by atomic mass is 79.9. The highest BCUT2D eigenvalue weighted by Crippen LogP contribution is 2.32. The van der Waals surface area contributed by atoms with Crippen molar-refractivity contribution in [1.29, 1.82) is 0 Å². The van der Waals surface area contributed by atoms with E-state index in [1.165, 1.54) is 12.3 Å². The number of halogens is 3. The molecule has 0 aliphatic carbocycles. The molecule has 0 N–H and O–H groups in total. The fraction of sp³-hybridized carbons (Fsp3) is 0.100. The fourth-order valence-corrected chi connectivity index (χ4v) is 1.94. The van der Waals surface area contributed by atoms with Crippen molar-refractivity contribution in [2.45, 2.75) is 6.92 Å². The normalized spacial score (nSPS) is 10.9. The first-order valence-corrected chi connectivity index (χ1v) is 5.16. The monoisotopic (exact) mass is 273 g/mol. The second kappa shape index (κ2) is 3.48. The molecular formula is C10H6BrClFN. The van der Waals surface area contributed by atoms with Gasteiger partial charge >= 0.3 is 0 Å². The second-order valence-electron chi connectivity index (χ2n) is 3.03. The topological polar surface area (TPSA) is 12.9 Å². The number of fused-ring (bicyclic) bond motifs is 1. The molecule has 1 aromatic carbocycles. The van der Waals surface area contributed by atoms with Crippen molar-refractivity contribution in [3.05, 3.63) is 39.3 Å². The maximum absolute atomic E-state index is 13.4. The van der Waals surface area contributed by atoms with Crippen molar-refractivity contribution in [1.82, 2.24) is 4.98 Å². The molecule has 0 amide bonds. The Bertz CT molecular complexity index is 513. The number of hydrogen-bond donors (Lipinski definition) is 0. The van der Waals surface area contributed by atoms with Gasteiger partial charge in [0.15, 0.2) is 0 Å². The van der Waals surface area contributed by atoms with Gasteiger partial charge < -0.3 is 0 Å². The summed E-state index contributed by atoms with van der Waals surface area (Å²) in [5.74, 6) is -0.316. The van der Waals surface area contributed by atoms with Gasteiger partial charge in [0.1, 0.15) is 5.82 Å². The lowest BCUT2D eigenvalue weighted by atomic mass is 10.1. The lowest BCUT2D eigenvalue weighted by Gasteiger charge is -2.04. The highest BCUT2D eigenvalue weighted by Gasteiger charge is 2.09. The molecule has 72 valence electrons. The summed E-state index contributed by atoms with van der Waals surface area (Å²) in [6.07, 6.45) is 1.50. The minimum Gasteiger partial charge on any atom is -0.261 e. The summed E-state index contributed by atoms with van der Waals surface area (Å²) in [6, 6.07) is 3.12. The van der Waals surface area contributed by atoms with Gasteiger partial charge in [-0.15, -0.1) is 0 Å². The predicted molar refractivity (Wildman–Crippen MR) is 59.1 cm³/mol. The van der Waals surface area contributed by atoms with E-state index in [0.717, 1.165) is 5.69 Å². The first-order valence-electron chi connectivity index (χ1n) is 3.99. The summed E-state index contributed by atoms with van der Waals surface area (Å²) in [5.41, 5.74) is 0.817. The Labute approximate surface area is 94.0 Å². The van der Waals surface area contributed by atoms with Crippen molar-refractivity contribution >= 4 is 38.3 Å². The van der Waals surface area contributed by atoms with Crippen molar-refractivity contribution in [3.8, 4) is 0 Å². The number of benzene rings is 1. The minimum absolute atomic E-state index is 0.316. The lowest BCUT2D eigenvalue weighted by Crippen LogP contribution is -1.87. The molecule has 0 saturated carbocycles. The molecule has 1 aromatic heterocycles. The van der Waals surface area contributed by atoms with Crippen LogP contribution in [0.4, 0.5) is 4.39 Å². The summed E-state index contributed by atoms with van der Waals surface area (Å²) in [5, 5.41) is 1.65. The van der Waals surface area contributed by atoms with Crippen LogP contribution in [0, 0.1) is 12.7 Å². The van der Waals surface area contributed by atoms with Gasteiger partial charge in [-0.2, -0.15) is 0 Å². The molecule has 0 fully saturated rings. The molecule has 0 saturated heterocycles. The summed E-state index contributed by atoms with van der Waals surface area (Å²) >= 11 is 9.23. The summed E-state index contributed by atoms with van der Waals surface area (Å²) in [7, 11) is 0. The molecule has 0 spiro atoms. The molecule has 0 aliphatic rings. The highest BCUT2D eigenvalue weighted by molar-refractivity contribution is 9.10. The zero-order valence-electron chi connectivity index (χ0n) is 7.31. The van der Waals surface area contributed by atoms with E-state index >= 15 is 0 Å². The molecule has 0 aliphatic heterocycles. The number of hydrogen-bond acceptors (Lipinski definition) is 1. The summed E-state index contributed by atoms with van der Waals surface area (Å²) < 4.78 is 14.0. The Morgan fingerprint density at radius 2 is 2.07 bits per heavy atom. The lowest BCUT2D eigenvalue weighted by molar-refractivity contribution is 0.638. The van der Waals surface area contributed by atoms with E-state index in [1.807, 2.05) is 6.92 Å². The summed E-state index contributed by atoms with van der Waals surface area (Å²) in [4.78, 5) is 4.02. The smallest absolute Gasteiger partial charge is 0.133 e. The van der Waals surface area contributed by atoms with E-state index in [2.05, 4.69) is 20.9 Å². The van der Waals surface area contributed by atoms with Crippen LogP contribution in [-0.2, 0) is 0 Å². The van der Waals surface area contributed by atoms with E-state index in [1.54, 1.807) is 6.07 Å². The molecule has 1 heterocycles. The van der Waals surface area contributed by atoms with Gasteiger partial charge in [0.05, 0.1) is 5.02 Å². The third-order valence-electron chi connectivity index (χ3n) is 2.00. The molecule has 14 heavy (non-hydrogen) atoms. The van der Waals surface area contributed by atoms with Crippen LogP contribution in [0.1, 0.15) is 5.69 Å². The maximum Gasteiger partial charge on any atom is 0.133 e. The predicted octanol–water partition coefficient (Wildman–Crippen LogP) is 4.10. The zero-order chi connectivity index (χ0) is 10.3. The van der Waals surface area contributed by atoms with Crippen molar-refractivity contribution in [2.24, 2.45) is 0 Å². The molecule has 2 aromatic rings. The first kappa shape index (κ1) is 9.87. The van der Waals surface area contributed by atoms with Crippen LogP contribution in [0.25, 0.3) is 10.8 Å². The van der Waals surface area contributed by atoms with Crippen LogP contribution in [-0.4, -0.2) is 4.98 Å². The van der Waals surface area contributed by atoms with Crippen LogP contribution >= 0.6 is 27.5 Å². The van der Waals surface area contributed by atoms with Gasteiger partial charge in [-0.05, 0) is 35.0 Å². The van der Waals surface area contributed by atoms with E-state index in [9.17, 15) is 4.39 Å². The number of aromatic nitrogens is 1. The van der Waals surface area contributed by atoms with E-state index in [-0.39, 0.29) is 5.82 Å². The molecule has 0 bridgehead atoms. The summed E-state index contributed by atoms with van der Waals surface area (Å²) in [6.45, 7) is 1.84. The van der Waals surface area contributed by atoms with Crippen molar-refractivity contribution in [3.63, 3.8) is 0 Å². The van der Waals surface area contributed by atoms with E-state index in [0.29, 0.717) is 20.3 Å². The largest absolute Gasteiger partial charge is 0.261 e. The van der Waals surface area contributed by atoms with Gasteiger partial charge in [0.25, 0.3) is 0 Å². The van der Waals surface area contributed by atoms with Crippen LogP contribution in [0.2, 0.25) is 5.02 Å². The molecular weight excluding hydrogens is 268 g/mol. The molecule has 1 nitrogen and oxygen atoms in total. The fourth-order valence-electron chi connectivity index (χ4n) is 1.31. The van der Waals surface area contributed by atoms with Gasteiger partial charge in [0.2, 0.25) is 0 Å². The Balaban J connectivity index is 2.95. The first-order chi connectivity index (χ1) is 6.59. The molecule has 4 heteroatoms. The standard InChI is InChI=1S/C10H6BrClFN/c1-5-2-6-7(4-14-5)9(13)3-8(11)10(6)12/h2-4H,1H3. The number of nitrogens with zero attached hydrogens (tertiary/aromatic N) is 1. The van der Waals surface area contributed by atoms with Crippen molar-refractivity contribution in [2.75, 3.05) is 0 Å². The van der Waals surface area contributed by atoms with Gasteiger partial charge in [-0.1, -0.05) is 11.6 Å². The van der Waals surface area contributed by atoms with Gasteiger partial charge in [-0.25, -0.2) is 4.39 Å². The van der Waals surface area contributed by atoms with Crippen LogP contribution in [0.15, 0.2) is 22.8 Å². The Hall–Kier alpha value is -0.670. The average Bonchev–Trinajstić information content (AvgIpc) is 2.14. The minimum atomic E-state index is -0.316. The third kappa shape index (κ3) is 1.51. The number of pyridine rings is 1. The second-order valence-corrected chi connectivity index (χ2v) is 4.26. The Kier molecular flexibility index (Phi) is 2.45.